The van der Waals surface area contributed by atoms with Crippen molar-refractivity contribution in [2.75, 3.05) is 22.6 Å². The molecule has 0 radical (unpaired) electrons. The summed E-state index contributed by atoms with van der Waals surface area (Å²) in [6.45, 7) is 1.40. The van der Waals surface area contributed by atoms with Crippen LogP contribution in [0.4, 0.5) is 17.1 Å². The predicted molar refractivity (Wildman–Crippen MR) is 128 cm³/mol. The third-order valence-electron chi connectivity index (χ3n) is 5.01. The van der Waals surface area contributed by atoms with Gasteiger partial charge in [-0.1, -0.05) is 41.9 Å². The van der Waals surface area contributed by atoms with Gasteiger partial charge in [-0.15, -0.1) is 0 Å². The van der Waals surface area contributed by atoms with E-state index in [1.807, 2.05) is 6.07 Å². The summed E-state index contributed by atoms with van der Waals surface area (Å²) in [6, 6.07) is 20.4. The average Bonchev–Trinajstić information content (AvgIpc) is 3.04. The van der Waals surface area contributed by atoms with Gasteiger partial charge in [-0.25, -0.2) is 4.90 Å². The van der Waals surface area contributed by atoms with Gasteiger partial charge in [-0.3, -0.25) is 14.4 Å². The number of methoxy groups -OCH3 is 1. The molecule has 3 aromatic carbocycles. The molecule has 166 valence electrons. The number of nitrogens with one attached hydrogen (secondary N) is 2. The quantitative estimate of drug-likeness (QED) is 0.519. The molecule has 1 heterocycles. The molecule has 0 atom stereocenters. The maximum absolute atomic E-state index is 13.5. The van der Waals surface area contributed by atoms with E-state index in [1.54, 1.807) is 66.7 Å². The Bertz CT molecular complexity index is 1270. The number of ether oxygens (including phenoxy) is 1. The minimum atomic E-state index is -0.520. The topological polar surface area (TPSA) is 87.7 Å². The summed E-state index contributed by atoms with van der Waals surface area (Å²) in [5.41, 5.74) is 2.33. The minimum Gasteiger partial charge on any atom is -0.495 e. The predicted octanol–water partition coefficient (Wildman–Crippen LogP) is 4.70. The van der Waals surface area contributed by atoms with E-state index in [2.05, 4.69) is 10.6 Å². The van der Waals surface area contributed by atoms with Gasteiger partial charge in [0.15, 0.2) is 0 Å². The van der Waals surface area contributed by atoms with Crippen LogP contribution in [-0.2, 0) is 14.4 Å². The molecular formula is C25H20ClN3O4. The third-order valence-corrected chi connectivity index (χ3v) is 5.25. The zero-order chi connectivity index (χ0) is 23.5. The molecule has 0 saturated heterocycles. The summed E-state index contributed by atoms with van der Waals surface area (Å²) in [6.07, 6.45) is 0. The number of anilines is 3. The summed E-state index contributed by atoms with van der Waals surface area (Å²) in [4.78, 5) is 39.4. The number of amides is 3. The molecule has 8 heteroatoms. The lowest BCUT2D eigenvalue weighted by atomic mass is 10.0. The van der Waals surface area contributed by atoms with Crippen molar-refractivity contribution in [2.24, 2.45) is 0 Å². The number of hydrogen-bond acceptors (Lipinski definition) is 5. The molecule has 0 aliphatic carbocycles. The SMILES string of the molecule is COc1ccc(Cl)cc1NC1=C(c2ccccc2)C(=O)N(c2ccc(NC(C)=O)cc2)C1=O. The lowest BCUT2D eigenvalue weighted by molar-refractivity contribution is -0.120. The van der Waals surface area contributed by atoms with E-state index in [0.29, 0.717) is 33.4 Å². The fraction of sp³-hybridized carbons (Fsp3) is 0.0800. The van der Waals surface area contributed by atoms with Crippen molar-refractivity contribution in [1.82, 2.24) is 0 Å². The highest BCUT2D eigenvalue weighted by Crippen LogP contribution is 2.36. The van der Waals surface area contributed by atoms with E-state index >= 15 is 0 Å². The van der Waals surface area contributed by atoms with Crippen molar-refractivity contribution in [2.45, 2.75) is 6.92 Å². The fourth-order valence-electron chi connectivity index (χ4n) is 3.56. The fourth-order valence-corrected chi connectivity index (χ4v) is 3.73. The molecule has 7 nitrogen and oxygen atoms in total. The van der Waals surface area contributed by atoms with Crippen LogP contribution >= 0.6 is 11.6 Å². The third kappa shape index (κ3) is 4.44. The van der Waals surface area contributed by atoms with E-state index in [9.17, 15) is 14.4 Å². The first kappa shape index (κ1) is 22.1. The van der Waals surface area contributed by atoms with Crippen LogP contribution in [0.5, 0.6) is 5.75 Å². The Balaban J connectivity index is 1.77. The molecule has 0 saturated carbocycles. The van der Waals surface area contributed by atoms with Gasteiger partial charge in [0.05, 0.1) is 24.1 Å². The van der Waals surface area contributed by atoms with Crippen LogP contribution < -0.4 is 20.3 Å². The molecule has 0 unspecified atom stereocenters. The first-order valence-corrected chi connectivity index (χ1v) is 10.4. The number of rotatable bonds is 6. The molecule has 3 amide bonds. The van der Waals surface area contributed by atoms with Crippen LogP contribution in [-0.4, -0.2) is 24.8 Å². The monoisotopic (exact) mass is 461 g/mol. The smallest absolute Gasteiger partial charge is 0.282 e. The van der Waals surface area contributed by atoms with Gasteiger partial charge in [0, 0.05) is 17.6 Å². The largest absolute Gasteiger partial charge is 0.495 e. The first-order chi connectivity index (χ1) is 15.9. The van der Waals surface area contributed by atoms with Gasteiger partial charge < -0.3 is 15.4 Å². The Kier molecular flexibility index (Phi) is 6.15. The highest BCUT2D eigenvalue weighted by atomic mass is 35.5. The Morgan fingerprint density at radius 3 is 2.27 bits per heavy atom. The Hall–Kier alpha value is -4.10. The van der Waals surface area contributed by atoms with E-state index in [-0.39, 0.29) is 17.2 Å². The van der Waals surface area contributed by atoms with Crippen LogP contribution in [0.1, 0.15) is 12.5 Å². The lowest BCUT2D eigenvalue weighted by Gasteiger charge is -2.16. The van der Waals surface area contributed by atoms with Gasteiger partial charge in [-0.2, -0.15) is 0 Å². The van der Waals surface area contributed by atoms with Crippen molar-refractivity contribution in [3.05, 3.63) is 89.1 Å². The number of carbonyl (C=O) groups is 3. The Morgan fingerprint density at radius 2 is 1.64 bits per heavy atom. The summed E-state index contributed by atoms with van der Waals surface area (Å²) in [5, 5.41) is 6.18. The number of imide groups is 1. The van der Waals surface area contributed by atoms with Gasteiger partial charge in [-0.05, 0) is 48.0 Å². The van der Waals surface area contributed by atoms with E-state index in [4.69, 9.17) is 16.3 Å². The molecule has 1 aliphatic heterocycles. The first-order valence-electron chi connectivity index (χ1n) is 10.1. The Morgan fingerprint density at radius 1 is 0.939 bits per heavy atom. The van der Waals surface area contributed by atoms with Crippen molar-refractivity contribution in [1.29, 1.82) is 0 Å². The number of carbonyl (C=O) groups excluding carboxylic acids is 3. The van der Waals surface area contributed by atoms with Crippen molar-refractivity contribution < 1.29 is 19.1 Å². The number of nitrogens with zero attached hydrogens (tertiary/aromatic N) is 1. The van der Waals surface area contributed by atoms with Crippen LogP contribution in [0.25, 0.3) is 5.57 Å². The van der Waals surface area contributed by atoms with Gasteiger partial charge in [0.2, 0.25) is 5.91 Å². The molecule has 2 N–H and O–H groups in total. The summed E-state index contributed by atoms with van der Waals surface area (Å²) in [7, 11) is 1.51. The highest BCUT2D eigenvalue weighted by molar-refractivity contribution is 6.46. The molecule has 3 aromatic rings. The minimum absolute atomic E-state index is 0.109. The average molecular weight is 462 g/mol. The zero-order valence-electron chi connectivity index (χ0n) is 17.9. The van der Waals surface area contributed by atoms with E-state index < -0.39 is 11.8 Å². The number of benzene rings is 3. The molecule has 4 rings (SSSR count). The van der Waals surface area contributed by atoms with Gasteiger partial charge in [0.1, 0.15) is 11.4 Å². The maximum Gasteiger partial charge on any atom is 0.282 e. The van der Waals surface area contributed by atoms with Crippen LogP contribution in [0.3, 0.4) is 0 Å². The summed E-state index contributed by atoms with van der Waals surface area (Å²) in [5.74, 6) is -0.737. The van der Waals surface area contributed by atoms with E-state index in [0.717, 1.165) is 4.90 Å². The highest BCUT2D eigenvalue weighted by Gasteiger charge is 2.40. The molecule has 0 fully saturated rings. The number of hydrogen-bond donors (Lipinski definition) is 2. The van der Waals surface area contributed by atoms with Crippen molar-refractivity contribution >= 4 is 52.0 Å². The van der Waals surface area contributed by atoms with Crippen LogP contribution in [0.15, 0.2) is 78.5 Å². The van der Waals surface area contributed by atoms with Gasteiger partial charge >= 0.3 is 0 Å². The molecule has 0 spiro atoms. The second kappa shape index (κ2) is 9.18. The normalized spacial score (nSPS) is 13.4. The van der Waals surface area contributed by atoms with E-state index in [1.165, 1.54) is 14.0 Å². The molecule has 0 bridgehead atoms. The van der Waals surface area contributed by atoms with Crippen molar-refractivity contribution in [3.63, 3.8) is 0 Å². The Labute approximate surface area is 195 Å². The molecule has 1 aliphatic rings. The lowest BCUT2D eigenvalue weighted by Crippen LogP contribution is -2.32. The molecule has 0 aromatic heterocycles. The second-order valence-electron chi connectivity index (χ2n) is 7.26. The van der Waals surface area contributed by atoms with Crippen molar-refractivity contribution in [3.8, 4) is 5.75 Å². The summed E-state index contributed by atoms with van der Waals surface area (Å²) >= 11 is 6.15. The van der Waals surface area contributed by atoms with Crippen LogP contribution in [0, 0.1) is 0 Å². The molecular weight excluding hydrogens is 442 g/mol. The maximum atomic E-state index is 13.5. The summed E-state index contributed by atoms with van der Waals surface area (Å²) < 4.78 is 5.38. The molecule has 33 heavy (non-hydrogen) atoms. The standard InChI is InChI=1S/C25H20ClN3O4/c1-15(30)27-18-9-11-19(12-10-18)29-24(31)22(16-6-4-3-5-7-16)23(25(29)32)28-20-14-17(26)8-13-21(20)33-2/h3-14,28H,1-2H3,(H,27,30). The number of halogens is 1. The second-order valence-corrected chi connectivity index (χ2v) is 7.70. The van der Waals surface area contributed by atoms with Gasteiger partial charge in [0.25, 0.3) is 11.8 Å². The van der Waals surface area contributed by atoms with Crippen LogP contribution in [0.2, 0.25) is 5.02 Å². The zero-order valence-corrected chi connectivity index (χ0v) is 18.6.